The fraction of sp³-hybridized carbons (Fsp3) is 0.737. The van der Waals surface area contributed by atoms with Gasteiger partial charge in [-0.15, -0.1) is 0 Å². The molecular formula is C19H31ClN4O2. The molecule has 2 aliphatic rings. The van der Waals surface area contributed by atoms with Crippen molar-refractivity contribution in [2.24, 2.45) is 0 Å². The molecule has 3 heterocycles. The number of pyridine rings is 1. The summed E-state index contributed by atoms with van der Waals surface area (Å²) in [4.78, 5) is 9.15. The van der Waals surface area contributed by atoms with Crippen molar-refractivity contribution in [2.45, 2.75) is 44.7 Å². The summed E-state index contributed by atoms with van der Waals surface area (Å²) in [5.41, 5.74) is 0.786. The molecule has 3 rings (SSSR count). The lowest BCUT2D eigenvalue weighted by Crippen LogP contribution is -2.31. The third kappa shape index (κ3) is 4.72. The molecule has 2 fully saturated rings. The number of likely N-dealkylation sites (tertiary alicyclic amines) is 2. The Morgan fingerprint density at radius 1 is 1.12 bits per heavy atom. The molecule has 26 heavy (non-hydrogen) atoms. The van der Waals surface area contributed by atoms with Gasteiger partial charge in [0.15, 0.2) is 10.9 Å². The summed E-state index contributed by atoms with van der Waals surface area (Å²) < 4.78 is 12.2. The Balaban J connectivity index is 1.71. The van der Waals surface area contributed by atoms with Crippen LogP contribution in [-0.4, -0.2) is 73.8 Å². The first-order valence-corrected chi connectivity index (χ1v) is 10.1. The predicted octanol–water partition coefficient (Wildman–Crippen LogP) is 3.11. The van der Waals surface area contributed by atoms with Crippen molar-refractivity contribution in [1.29, 1.82) is 0 Å². The maximum atomic E-state index is 6.33. The van der Waals surface area contributed by atoms with Crippen LogP contribution in [0.1, 0.15) is 32.6 Å². The topological polar surface area (TPSA) is 49.9 Å². The number of hydrogen-bond acceptors (Lipinski definition) is 6. The van der Waals surface area contributed by atoms with Gasteiger partial charge in [-0.3, -0.25) is 0 Å². The standard InChI is InChI=1S/C19H31ClN4O2/c1-4-21-16-11-17(25-12-14-7-5-9-23(14)2)19(22-18(16)20)26-13-15-8-6-10-24(15)3/h11,14-15,21H,4-10,12-13H2,1-3H3/t14-,15-/m0/s1. The number of hydrogen-bond donors (Lipinski definition) is 1. The van der Waals surface area contributed by atoms with Gasteiger partial charge in [0, 0.05) is 24.7 Å². The summed E-state index contributed by atoms with van der Waals surface area (Å²) >= 11 is 6.33. The minimum absolute atomic E-state index is 0.423. The van der Waals surface area contributed by atoms with Gasteiger partial charge in [-0.1, -0.05) is 11.6 Å². The molecule has 2 aliphatic heterocycles. The number of rotatable bonds is 8. The van der Waals surface area contributed by atoms with E-state index < -0.39 is 0 Å². The summed E-state index contributed by atoms with van der Waals surface area (Å²) in [6, 6.07) is 2.79. The van der Waals surface area contributed by atoms with E-state index in [1.165, 1.54) is 19.3 Å². The highest BCUT2D eigenvalue weighted by Crippen LogP contribution is 2.34. The van der Waals surface area contributed by atoms with Crippen LogP contribution in [-0.2, 0) is 0 Å². The number of ether oxygens (including phenoxy) is 2. The quantitative estimate of drug-likeness (QED) is 0.697. The summed E-state index contributed by atoms with van der Waals surface area (Å²) in [5.74, 6) is 1.17. The number of nitrogens with one attached hydrogen (secondary N) is 1. The monoisotopic (exact) mass is 382 g/mol. The van der Waals surface area contributed by atoms with Gasteiger partial charge in [0.2, 0.25) is 0 Å². The number of aromatic nitrogens is 1. The Morgan fingerprint density at radius 3 is 2.27 bits per heavy atom. The Bertz CT molecular complexity index is 601. The highest BCUT2D eigenvalue weighted by atomic mass is 35.5. The molecule has 1 aromatic heterocycles. The van der Waals surface area contributed by atoms with E-state index in [4.69, 9.17) is 21.1 Å². The summed E-state index contributed by atoms with van der Waals surface area (Å²) in [5, 5.41) is 3.66. The molecule has 1 N–H and O–H groups in total. The van der Waals surface area contributed by atoms with Crippen LogP contribution >= 0.6 is 11.6 Å². The van der Waals surface area contributed by atoms with Gasteiger partial charge in [0.05, 0.1) is 5.69 Å². The van der Waals surface area contributed by atoms with Crippen LogP contribution in [0.2, 0.25) is 5.15 Å². The second-order valence-corrected chi connectivity index (χ2v) is 7.69. The highest BCUT2D eigenvalue weighted by molar-refractivity contribution is 6.32. The van der Waals surface area contributed by atoms with E-state index in [0.717, 1.165) is 31.7 Å². The summed E-state index contributed by atoms with van der Waals surface area (Å²) in [7, 11) is 4.29. The van der Waals surface area contributed by atoms with Gasteiger partial charge >= 0.3 is 0 Å². The lowest BCUT2D eigenvalue weighted by Gasteiger charge is -2.23. The zero-order valence-electron chi connectivity index (χ0n) is 16.1. The molecule has 0 aliphatic carbocycles. The first-order valence-electron chi connectivity index (χ1n) is 9.69. The maximum absolute atomic E-state index is 6.33. The van der Waals surface area contributed by atoms with Crippen LogP contribution < -0.4 is 14.8 Å². The number of anilines is 1. The van der Waals surface area contributed by atoms with E-state index in [1.54, 1.807) is 0 Å². The smallest absolute Gasteiger partial charge is 0.258 e. The molecule has 1 aromatic rings. The zero-order valence-corrected chi connectivity index (χ0v) is 16.9. The van der Waals surface area contributed by atoms with E-state index in [-0.39, 0.29) is 0 Å². The molecule has 0 aromatic carbocycles. The molecule has 2 atom stereocenters. The second-order valence-electron chi connectivity index (χ2n) is 7.34. The molecular weight excluding hydrogens is 352 g/mol. The van der Waals surface area contributed by atoms with Gasteiger partial charge in [0.25, 0.3) is 5.88 Å². The number of likely N-dealkylation sites (N-methyl/N-ethyl adjacent to an activating group) is 2. The molecule has 0 unspecified atom stereocenters. The van der Waals surface area contributed by atoms with E-state index in [2.05, 4.69) is 34.2 Å². The highest BCUT2D eigenvalue weighted by Gasteiger charge is 2.25. The average molecular weight is 383 g/mol. The van der Waals surface area contributed by atoms with Crippen LogP contribution in [0.4, 0.5) is 5.69 Å². The van der Waals surface area contributed by atoms with Crippen molar-refractivity contribution in [3.05, 3.63) is 11.2 Å². The molecule has 0 bridgehead atoms. The fourth-order valence-electron chi connectivity index (χ4n) is 3.72. The Kier molecular flexibility index (Phi) is 6.84. The van der Waals surface area contributed by atoms with Crippen molar-refractivity contribution in [1.82, 2.24) is 14.8 Å². The first kappa shape index (κ1) is 19.5. The summed E-state index contributed by atoms with van der Waals surface area (Å²) in [6.45, 7) is 6.32. The largest absolute Gasteiger partial charge is 0.486 e. The molecule has 2 saturated heterocycles. The van der Waals surface area contributed by atoms with Crippen LogP contribution in [0, 0.1) is 0 Å². The lowest BCUT2D eigenvalue weighted by atomic mass is 10.2. The van der Waals surface area contributed by atoms with E-state index in [0.29, 0.717) is 42.1 Å². The molecule has 0 radical (unpaired) electrons. The van der Waals surface area contributed by atoms with Gasteiger partial charge in [-0.05, 0) is 59.8 Å². The molecule has 146 valence electrons. The van der Waals surface area contributed by atoms with Crippen molar-refractivity contribution in [3.8, 4) is 11.6 Å². The van der Waals surface area contributed by atoms with Crippen LogP contribution in [0.5, 0.6) is 11.6 Å². The maximum Gasteiger partial charge on any atom is 0.258 e. The van der Waals surface area contributed by atoms with Gasteiger partial charge in [-0.2, -0.15) is 4.98 Å². The van der Waals surface area contributed by atoms with E-state index >= 15 is 0 Å². The van der Waals surface area contributed by atoms with E-state index in [1.807, 2.05) is 13.0 Å². The average Bonchev–Trinajstić information content (AvgIpc) is 3.22. The second kappa shape index (κ2) is 9.11. The third-order valence-corrected chi connectivity index (χ3v) is 5.75. The third-order valence-electron chi connectivity index (χ3n) is 5.46. The summed E-state index contributed by atoms with van der Waals surface area (Å²) in [6.07, 6.45) is 4.77. The molecule has 0 amide bonds. The van der Waals surface area contributed by atoms with Gasteiger partial charge < -0.3 is 24.6 Å². The Morgan fingerprint density at radius 2 is 1.73 bits per heavy atom. The normalized spacial score (nSPS) is 24.2. The predicted molar refractivity (Wildman–Crippen MR) is 106 cm³/mol. The zero-order chi connectivity index (χ0) is 18.5. The van der Waals surface area contributed by atoms with Crippen molar-refractivity contribution in [3.63, 3.8) is 0 Å². The Hall–Kier alpha value is -1.24. The molecule has 0 saturated carbocycles. The van der Waals surface area contributed by atoms with Crippen molar-refractivity contribution >= 4 is 17.3 Å². The van der Waals surface area contributed by atoms with Crippen LogP contribution in [0.25, 0.3) is 0 Å². The molecule has 6 nitrogen and oxygen atoms in total. The minimum Gasteiger partial charge on any atom is -0.486 e. The van der Waals surface area contributed by atoms with Crippen LogP contribution in [0.15, 0.2) is 6.07 Å². The fourth-order valence-corrected chi connectivity index (χ4v) is 3.92. The van der Waals surface area contributed by atoms with E-state index in [9.17, 15) is 0 Å². The van der Waals surface area contributed by atoms with Crippen molar-refractivity contribution in [2.75, 3.05) is 52.3 Å². The molecule has 7 heteroatoms. The van der Waals surface area contributed by atoms with Crippen LogP contribution in [0.3, 0.4) is 0 Å². The Labute approximate surface area is 161 Å². The van der Waals surface area contributed by atoms with Gasteiger partial charge in [-0.25, -0.2) is 0 Å². The first-order chi connectivity index (χ1) is 12.6. The van der Waals surface area contributed by atoms with Gasteiger partial charge in [0.1, 0.15) is 13.2 Å². The SMILES string of the molecule is CCNc1cc(OC[C@@H]2CCCN2C)c(OC[C@@H]2CCCN2C)nc1Cl. The number of nitrogens with zero attached hydrogens (tertiary/aromatic N) is 3. The lowest BCUT2D eigenvalue weighted by molar-refractivity contribution is 0.169. The number of halogens is 1. The molecule has 0 spiro atoms. The minimum atomic E-state index is 0.423. The van der Waals surface area contributed by atoms with Crippen molar-refractivity contribution < 1.29 is 9.47 Å².